The first-order valence-corrected chi connectivity index (χ1v) is 11.0. The van der Waals surface area contributed by atoms with Gasteiger partial charge in [-0.15, -0.1) is 0 Å². The quantitative estimate of drug-likeness (QED) is 0.721. The molecule has 3 amide bonds. The van der Waals surface area contributed by atoms with Crippen molar-refractivity contribution in [2.75, 3.05) is 19.6 Å². The number of carbonyl (C=O) groups is 3. The highest BCUT2D eigenvalue weighted by Crippen LogP contribution is 2.23. The molecule has 1 atom stereocenters. The third-order valence-corrected chi connectivity index (χ3v) is 5.75. The third kappa shape index (κ3) is 5.94. The van der Waals surface area contributed by atoms with Crippen molar-refractivity contribution < 1.29 is 14.4 Å². The molecule has 31 heavy (non-hydrogen) atoms. The summed E-state index contributed by atoms with van der Waals surface area (Å²) in [5.74, 6) is -0.421. The van der Waals surface area contributed by atoms with Crippen LogP contribution in [0.25, 0.3) is 0 Å². The normalized spacial score (nSPS) is 15.2. The van der Waals surface area contributed by atoms with Crippen LogP contribution in [0.4, 0.5) is 0 Å². The highest BCUT2D eigenvalue weighted by molar-refractivity contribution is 5.97. The molecule has 0 saturated carbocycles. The third-order valence-electron chi connectivity index (χ3n) is 5.75. The van der Waals surface area contributed by atoms with Gasteiger partial charge in [-0.2, -0.15) is 0 Å². The Morgan fingerprint density at radius 3 is 2.23 bits per heavy atom. The van der Waals surface area contributed by atoms with Crippen molar-refractivity contribution in [2.24, 2.45) is 5.92 Å². The van der Waals surface area contributed by atoms with Crippen LogP contribution in [0.1, 0.15) is 52.5 Å². The molecule has 2 N–H and O–H groups in total. The molecule has 2 aromatic carbocycles. The van der Waals surface area contributed by atoms with Gasteiger partial charge in [-0.05, 0) is 56.4 Å². The minimum atomic E-state index is -0.615. The molecule has 6 nitrogen and oxygen atoms in total. The molecule has 1 aliphatic rings. The van der Waals surface area contributed by atoms with Gasteiger partial charge in [-0.3, -0.25) is 14.4 Å². The lowest BCUT2D eigenvalue weighted by Gasteiger charge is -2.36. The predicted octanol–water partition coefficient (Wildman–Crippen LogP) is 3.17. The zero-order valence-corrected chi connectivity index (χ0v) is 18.3. The number of nitrogens with one attached hydrogen (secondary N) is 2. The van der Waals surface area contributed by atoms with E-state index in [9.17, 15) is 14.4 Å². The Kier molecular flexibility index (Phi) is 7.82. The summed E-state index contributed by atoms with van der Waals surface area (Å²) in [6, 6.07) is 15.9. The van der Waals surface area contributed by atoms with Crippen LogP contribution in [0.5, 0.6) is 0 Å². The number of benzene rings is 2. The number of piperidine rings is 1. The summed E-state index contributed by atoms with van der Waals surface area (Å²) in [5.41, 5.74) is 2.33. The Balaban J connectivity index is 1.66. The van der Waals surface area contributed by atoms with Gasteiger partial charge in [0.2, 0.25) is 5.91 Å². The van der Waals surface area contributed by atoms with Crippen molar-refractivity contribution in [3.05, 3.63) is 71.3 Å². The van der Waals surface area contributed by atoms with Crippen molar-refractivity contribution in [1.29, 1.82) is 0 Å². The van der Waals surface area contributed by atoms with Gasteiger partial charge in [0, 0.05) is 30.8 Å². The van der Waals surface area contributed by atoms with Crippen LogP contribution in [0.2, 0.25) is 0 Å². The van der Waals surface area contributed by atoms with Crippen LogP contribution in [-0.4, -0.2) is 48.3 Å². The molecule has 0 aliphatic carbocycles. The van der Waals surface area contributed by atoms with Crippen LogP contribution in [-0.2, 0) is 4.79 Å². The van der Waals surface area contributed by atoms with Crippen molar-refractivity contribution >= 4 is 17.7 Å². The van der Waals surface area contributed by atoms with Crippen LogP contribution < -0.4 is 10.6 Å². The molecule has 1 saturated heterocycles. The maximum Gasteiger partial charge on any atom is 0.253 e. The lowest BCUT2D eigenvalue weighted by molar-refractivity contribution is -0.124. The lowest BCUT2D eigenvalue weighted by atomic mass is 9.88. The van der Waals surface area contributed by atoms with Gasteiger partial charge in [0.05, 0.1) is 0 Å². The molecule has 0 unspecified atom stereocenters. The largest absolute Gasteiger partial charge is 0.354 e. The molecule has 0 radical (unpaired) electrons. The maximum absolute atomic E-state index is 12.8. The second-order valence-corrected chi connectivity index (χ2v) is 8.10. The summed E-state index contributed by atoms with van der Waals surface area (Å²) >= 11 is 0. The van der Waals surface area contributed by atoms with E-state index in [4.69, 9.17) is 0 Å². The van der Waals surface area contributed by atoms with Crippen molar-refractivity contribution in [3.8, 4) is 0 Å². The number of nitrogens with zero attached hydrogens (tertiary/aromatic N) is 1. The number of carbonyl (C=O) groups excluding carboxylic acids is 3. The lowest BCUT2D eigenvalue weighted by Crippen LogP contribution is -2.54. The molecular weight excluding hydrogens is 390 g/mol. The van der Waals surface area contributed by atoms with Crippen molar-refractivity contribution in [2.45, 2.75) is 39.2 Å². The second-order valence-electron chi connectivity index (χ2n) is 8.10. The average molecular weight is 422 g/mol. The summed E-state index contributed by atoms with van der Waals surface area (Å²) < 4.78 is 0. The zero-order chi connectivity index (χ0) is 22.2. The Morgan fingerprint density at radius 1 is 0.968 bits per heavy atom. The summed E-state index contributed by atoms with van der Waals surface area (Å²) in [5, 5.41) is 5.86. The summed E-state index contributed by atoms with van der Waals surface area (Å²) in [7, 11) is 0. The van der Waals surface area contributed by atoms with E-state index in [-0.39, 0.29) is 23.6 Å². The Bertz CT molecular complexity index is 888. The van der Waals surface area contributed by atoms with Gasteiger partial charge in [-0.25, -0.2) is 0 Å². The van der Waals surface area contributed by atoms with Crippen molar-refractivity contribution in [1.82, 2.24) is 15.5 Å². The minimum absolute atomic E-state index is 0.0127. The second kappa shape index (κ2) is 10.8. The van der Waals surface area contributed by atoms with Gasteiger partial charge >= 0.3 is 0 Å². The van der Waals surface area contributed by atoms with E-state index in [0.29, 0.717) is 43.6 Å². The van der Waals surface area contributed by atoms with Gasteiger partial charge < -0.3 is 15.5 Å². The van der Waals surface area contributed by atoms with Gasteiger partial charge in [-0.1, -0.05) is 42.8 Å². The summed E-state index contributed by atoms with van der Waals surface area (Å²) in [4.78, 5) is 40.2. The Labute approximate surface area is 184 Å². The van der Waals surface area contributed by atoms with Gasteiger partial charge in [0.1, 0.15) is 6.04 Å². The summed E-state index contributed by atoms with van der Waals surface area (Å²) in [6.45, 7) is 5.69. The van der Waals surface area contributed by atoms with E-state index < -0.39 is 6.04 Å². The standard InChI is InChI=1S/C25H31N3O3/c1-3-15-26-24(30)22(27-23(29)20-7-5-4-6-8-20)19-13-16-28(17-14-19)25(31)21-11-9-18(2)10-12-21/h4-12,19,22H,3,13-17H2,1-2H3,(H,26,30)(H,27,29)/t22-/m0/s1. The van der Waals surface area contributed by atoms with Gasteiger partial charge in [0.25, 0.3) is 11.8 Å². The molecule has 1 aliphatic heterocycles. The highest BCUT2D eigenvalue weighted by Gasteiger charge is 2.34. The molecule has 2 aromatic rings. The number of aryl methyl sites for hydroxylation is 1. The number of likely N-dealkylation sites (tertiary alicyclic amines) is 1. The minimum Gasteiger partial charge on any atom is -0.354 e. The molecule has 6 heteroatoms. The van der Waals surface area contributed by atoms with E-state index in [0.717, 1.165) is 12.0 Å². The fourth-order valence-electron chi connectivity index (χ4n) is 3.88. The van der Waals surface area contributed by atoms with E-state index in [2.05, 4.69) is 10.6 Å². The van der Waals surface area contributed by atoms with E-state index in [1.54, 1.807) is 24.3 Å². The van der Waals surface area contributed by atoms with E-state index in [1.807, 2.05) is 49.1 Å². The molecule has 164 valence electrons. The van der Waals surface area contributed by atoms with Crippen LogP contribution in [0.15, 0.2) is 54.6 Å². The molecular formula is C25H31N3O3. The first kappa shape index (κ1) is 22.5. The molecule has 3 rings (SSSR count). The number of hydrogen-bond acceptors (Lipinski definition) is 3. The molecule has 0 spiro atoms. The summed E-state index contributed by atoms with van der Waals surface area (Å²) in [6.07, 6.45) is 2.16. The Morgan fingerprint density at radius 2 is 1.61 bits per heavy atom. The van der Waals surface area contributed by atoms with E-state index in [1.165, 1.54) is 0 Å². The van der Waals surface area contributed by atoms with Crippen LogP contribution >= 0.6 is 0 Å². The van der Waals surface area contributed by atoms with Crippen LogP contribution in [0.3, 0.4) is 0 Å². The smallest absolute Gasteiger partial charge is 0.253 e. The Hall–Kier alpha value is -3.15. The number of amides is 3. The fraction of sp³-hybridized carbons (Fsp3) is 0.400. The number of hydrogen-bond donors (Lipinski definition) is 2. The molecule has 1 heterocycles. The van der Waals surface area contributed by atoms with Crippen molar-refractivity contribution in [3.63, 3.8) is 0 Å². The molecule has 0 bridgehead atoms. The first-order valence-electron chi connectivity index (χ1n) is 11.0. The molecule has 0 aromatic heterocycles. The topological polar surface area (TPSA) is 78.5 Å². The number of rotatable bonds is 7. The SMILES string of the molecule is CCCNC(=O)[C@@H](NC(=O)c1ccccc1)C1CCN(C(=O)c2ccc(C)cc2)CC1. The molecule has 1 fully saturated rings. The van der Waals surface area contributed by atoms with Crippen LogP contribution in [0, 0.1) is 12.8 Å². The predicted molar refractivity (Wildman–Crippen MR) is 121 cm³/mol. The average Bonchev–Trinajstić information content (AvgIpc) is 2.81. The first-order chi connectivity index (χ1) is 15.0. The monoisotopic (exact) mass is 421 g/mol. The highest BCUT2D eigenvalue weighted by atomic mass is 16.2. The fourth-order valence-corrected chi connectivity index (χ4v) is 3.88. The van der Waals surface area contributed by atoms with Gasteiger partial charge in [0.15, 0.2) is 0 Å². The zero-order valence-electron chi connectivity index (χ0n) is 18.3. The maximum atomic E-state index is 12.8. The van der Waals surface area contributed by atoms with E-state index >= 15 is 0 Å².